The summed E-state index contributed by atoms with van der Waals surface area (Å²) in [5, 5.41) is 0. The van der Waals surface area contributed by atoms with Crippen LogP contribution in [0.2, 0.25) is 0 Å². The van der Waals surface area contributed by atoms with Crippen LogP contribution in [0.5, 0.6) is 0 Å². The summed E-state index contributed by atoms with van der Waals surface area (Å²) in [7, 11) is 1.58. The lowest BCUT2D eigenvalue weighted by Crippen LogP contribution is -2.47. The molecule has 1 aliphatic heterocycles. The molecule has 2 rings (SSSR count). The number of hydrogen-bond donors (Lipinski definition) is 0. The Kier molecular flexibility index (Phi) is 3.71. The van der Waals surface area contributed by atoms with Crippen LogP contribution in [-0.2, 0) is 16.0 Å². The van der Waals surface area contributed by atoms with Crippen LogP contribution in [0.15, 0.2) is 24.3 Å². The zero-order valence-corrected chi connectivity index (χ0v) is 11.4. The van der Waals surface area contributed by atoms with Crippen LogP contribution in [-0.4, -0.2) is 25.2 Å². The predicted molar refractivity (Wildman–Crippen MR) is 72.8 cm³/mol. The molecule has 0 aliphatic carbocycles. The van der Waals surface area contributed by atoms with Gasteiger partial charge < -0.3 is 9.64 Å². The predicted octanol–water partition coefficient (Wildman–Crippen LogP) is 2.78. The fraction of sp³-hybridized carbons (Fsp3) is 0.533. The number of rotatable bonds is 2. The molecule has 98 valence electrons. The van der Waals surface area contributed by atoms with Crippen molar-refractivity contribution < 1.29 is 9.53 Å². The molecule has 0 atom stereocenters. The number of carbonyl (C=O) groups is 1. The molecule has 1 amide bonds. The smallest absolute Gasteiger partial charge is 0.258 e. The van der Waals surface area contributed by atoms with Crippen molar-refractivity contribution in [2.24, 2.45) is 0 Å². The molecule has 0 radical (unpaired) electrons. The minimum atomic E-state index is -0.766. The lowest BCUT2D eigenvalue weighted by atomic mass is 10.1. The van der Waals surface area contributed by atoms with Crippen LogP contribution >= 0.6 is 0 Å². The van der Waals surface area contributed by atoms with E-state index in [-0.39, 0.29) is 5.91 Å². The van der Waals surface area contributed by atoms with Crippen LogP contribution in [0.1, 0.15) is 32.3 Å². The number of amides is 1. The van der Waals surface area contributed by atoms with Gasteiger partial charge in [-0.1, -0.05) is 18.2 Å². The molecule has 1 aromatic carbocycles. The van der Waals surface area contributed by atoms with E-state index in [4.69, 9.17) is 4.74 Å². The van der Waals surface area contributed by atoms with Crippen molar-refractivity contribution in [1.82, 2.24) is 0 Å². The summed E-state index contributed by atoms with van der Waals surface area (Å²) in [6.45, 7) is 4.42. The minimum absolute atomic E-state index is 0.0411. The van der Waals surface area contributed by atoms with Gasteiger partial charge in [0.1, 0.15) is 5.60 Å². The number of anilines is 1. The van der Waals surface area contributed by atoms with Crippen molar-refractivity contribution >= 4 is 11.6 Å². The summed E-state index contributed by atoms with van der Waals surface area (Å²) in [6, 6.07) is 8.17. The zero-order chi connectivity index (χ0) is 13.2. The number of methoxy groups -OCH3 is 1. The molecule has 0 fully saturated rings. The molecule has 0 N–H and O–H groups in total. The van der Waals surface area contributed by atoms with Gasteiger partial charge in [0, 0.05) is 19.3 Å². The molecule has 3 nitrogen and oxygen atoms in total. The molecule has 0 spiro atoms. The van der Waals surface area contributed by atoms with Gasteiger partial charge in [-0.2, -0.15) is 0 Å². The average molecular weight is 247 g/mol. The van der Waals surface area contributed by atoms with Gasteiger partial charge in [-0.15, -0.1) is 0 Å². The summed E-state index contributed by atoms with van der Waals surface area (Å²) in [6.07, 6.45) is 3.22. The second-order valence-electron chi connectivity index (χ2n) is 5.26. The van der Waals surface area contributed by atoms with E-state index in [0.29, 0.717) is 0 Å². The lowest BCUT2D eigenvalue weighted by molar-refractivity contribution is -0.136. The molecule has 3 heteroatoms. The van der Waals surface area contributed by atoms with Crippen LogP contribution in [0.25, 0.3) is 0 Å². The highest BCUT2D eigenvalue weighted by molar-refractivity contribution is 5.99. The number of ether oxygens (including phenoxy) is 1. The quantitative estimate of drug-likeness (QED) is 0.804. The van der Waals surface area contributed by atoms with Gasteiger partial charge in [0.05, 0.1) is 0 Å². The molecule has 0 bridgehead atoms. The van der Waals surface area contributed by atoms with Gasteiger partial charge in [0.25, 0.3) is 5.91 Å². The zero-order valence-electron chi connectivity index (χ0n) is 11.4. The van der Waals surface area contributed by atoms with E-state index >= 15 is 0 Å². The third-order valence-corrected chi connectivity index (χ3v) is 3.63. The van der Waals surface area contributed by atoms with Gasteiger partial charge in [0.15, 0.2) is 0 Å². The molecule has 1 aliphatic rings. The summed E-state index contributed by atoms with van der Waals surface area (Å²) >= 11 is 0. The Balaban J connectivity index is 2.36. The molecule has 1 aromatic rings. The molecule has 1 heterocycles. The molecule has 0 aromatic heterocycles. The number of benzene rings is 1. The highest BCUT2D eigenvalue weighted by atomic mass is 16.5. The Hall–Kier alpha value is -1.35. The van der Waals surface area contributed by atoms with Crippen molar-refractivity contribution in [3.05, 3.63) is 29.8 Å². The van der Waals surface area contributed by atoms with E-state index in [1.807, 2.05) is 36.9 Å². The standard InChI is InChI=1S/C15H21NO2/c1-15(2,18-3)14(17)16-11-7-6-9-12-8-4-5-10-13(12)16/h4-5,8,10H,6-7,9,11H2,1-3H3. The minimum Gasteiger partial charge on any atom is -0.369 e. The first-order valence-corrected chi connectivity index (χ1v) is 6.51. The topological polar surface area (TPSA) is 29.5 Å². The van der Waals surface area contributed by atoms with E-state index < -0.39 is 5.60 Å². The largest absolute Gasteiger partial charge is 0.369 e. The monoisotopic (exact) mass is 247 g/mol. The second kappa shape index (κ2) is 5.11. The summed E-state index contributed by atoms with van der Waals surface area (Å²) < 4.78 is 5.32. The van der Waals surface area contributed by atoms with Gasteiger partial charge in [0.2, 0.25) is 0 Å². The molecule has 0 unspecified atom stereocenters. The molecular weight excluding hydrogens is 226 g/mol. The van der Waals surface area contributed by atoms with Crippen molar-refractivity contribution in [2.75, 3.05) is 18.6 Å². The van der Waals surface area contributed by atoms with Gasteiger partial charge in [-0.25, -0.2) is 0 Å². The van der Waals surface area contributed by atoms with Crippen molar-refractivity contribution in [3.8, 4) is 0 Å². The number of para-hydroxylation sites is 1. The molecule has 0 saturated heterocycles. The van der Waals surface area contributed by atoms with Crippen LogP contribution in [0, 0.1) is 0 Å². The van der Waals surface area contributed by atoms with Crippen molar-refractivity contribution in [1.29, 1.82) is 0 Å². The molecular formula is C15H21NO2. The van der Waals surface area contributed by atoms with Gasteiger partial charge in [-0.3, -0.25) is 4.79 Å². The highest BCUT2D eigenvalue weighted by Gasteiger charge is 2.33. The van der Waals surface area contributed by atoms with E-state index in [9.17, 15) is 4.79 Å². The Morgan fingerprint density at radius 1 is 1.28 bits per heavy atom. The third kappa shape index (κ3) is 2.41. The van der Waals surface area contributed by atoms with E-state index in [2.05, 4.69) is 6.07 Å². The Labute approximate surface area is 109 Å². The second-order valence-corrected chi connectivity index (χ2v) is 5.26. The SMILES string of the molecule is COC(C)(C)C(=O)N1CCCCc2ccccc21. The Morgan fingerprint density at radius 2 is 2.00 bits per heavy atom. The van der Waals surface area contributed by atoms with Crippen LogP contribution in [0.4, 0.5) is 5.69 Å². The number of carbonyl (C=O) groups excluding carboxylic acids is 1. The number of aryl methyl sites for hydroxylation is 1. The Bertz CT molecular complexity index is 440. The number of hydrogen-bond acceptors (Lipinski definition) is 2. The third-order valence-electron chi connectivity index (χ3n) is 3.63. The van der Waals surface area contributed by atoms with E-state index in [0.717, 1.165) is 31.5 Å². The van der Waals surface area contributed by atoms with Gasteiger partial charge in [-0.05, 0) is 44.7 Å². The molecule has 18 heavy (non-hydrogen) atoms. The molecule has 0 saturated carbocycles. The number of nitrogens with zero attached hydrogens (tertiary/aromatic N) is 1. The van der Waals surface area contributed by atoms with E-state index in [1.165, 1.54) is 5.56 Å². The summed E-state index contributed by atoms with van der Waals surface area (Å²) in [4.78, 5) is 14.4. The maximum absolute atomic E-state index is 12.6. The van der Waals surface area contributed by atoms with Crippen molar-refractivity contribution in [2.45, 2.75) is 38.7 Å². The Morgan fingerprint density at radius 3 is 2.72 bits per heavy atom. The normalized spacial score (nSPS) is 16.1. The fourth-order valence-corrected chi connectivity index (χ4v) is 2.31. The number of fused-ring (bicyclic) bond motifs is 1. The summed E-state index contributed by atoms with van der Waals surface area (Å²) in [5.41, 5.74) is 1.54. The maximum atomic E-state index is 12.6. The first-order valence-electron chi connectivity index (χ1n) is 6.51. The van der Waals surface area contributed by atoms with Crippen molar-refractivity contribution in [3.63, 3.8) is 0 Å². The fourth-order valence-electron chi connectivity index (χ4n) is 2.31. The van der Waals surface area contributed by atoms with Crippen LogP contribution in [0.3, 0.4) is 0 Å². The lowest BCUT2D eigenvalue weighted by Gasteiger charge is -2.31. The first kappa shape index (κ1) is 13.1. The first-order chi connectivity index (χ1) is 8.56. The maximum Gasteiger partial charge on any atom is 0.258 e. The average Bonchev–Trinajstić information content (AvgIpc) is 2.60. The summed E-state index contributed by atoms with van der Waals surface area (Å²) in [5.74, 6) is 0.0411. The van der Waals surface area contributed by atoms with Crippen LogP contribution < -0.4 is 4.90 Å². The highest BCUT2D eigenvalue weighted by Crippen LogP contribution is 2.28. The van der Waals surface area contributed by atoms with Gasteiger partial charge >= 0.3 is 0 Å². The van der Waals surface area contributed by atoms with E-state index in [1.54, 1.807) is 7.11 Å².